The van der Waals surface area contributed by atoms with Gasteiger partial charge in [-0.05, 0) is 86.9 Å². The van der Waals surface area contributed by atoms with E-state index in [0.29, 0.717) is 0 Å². The van der Waals surface area contributed by atoms with Crippen molar-refractivity contribution in [2.45, 2.75) is 66.1 Å². The van der Waals surface area contributed by atoms with Crippen molar-refractivity contribution in [1.82, 2.24) is 9.38 Å². The number of pyridine rings is 1. The SMILES string of the molecule is COC(=O)[C@@H](OC(C)(C)C)c1c(C)cc2nc(-c3cccc(-c4cccc(F)c4)c3)cn2c1N1CCC(C)(C)CC1. The zero-order valence-corrected chi connectivity index (χ0v) is 25.1. The van der Waals surface area contributed by atoms with E-state index in [1.807, 2.05) is 70.3 Å². The number of fused-ring (bicyclic) bond motifs is 1. The molecule has 7 heteroatoms. The van der Waals surface area contributed by atoms with Gasteiger partial charge >= 0.3 is 5.97 Å². The second-order valence-corrected chi connectivity index (χ2v) is 12.8. The second kappa shape index (κ2) is 10.9. The minimum Gasteiger partial charge on any atom is -0.467 e. The summed E-state index contributed by atoms with van der Waals surface area (Å²) in [4.78, 5) is 20.6. The monoisotopic (exact) mass is 557 g/mol. The van der Waals surface area contributed by atoms with Crippen molar-refractivity contribution in [1.29, 1.82) is 0 Å². The van der Waals surface area contributed by atoms with Crippen LogP contribution in [0.5, 0.6) is 0 Å². The average molecular weight is 558 g/mol. The number of carbonyl (C=O) groups excluding carboxylic acids is 1. The molecule has 4 aromatic rings. The van der Waals surface area contributed by atoms with Gasteiger partial charge in [-0.15, -0.1) is 0 Å². The molecule has 1 saturated heterocycles. The lowest BCUT2D eigenvalue weighted by atomic mass is 9.82. The Morgan fingerprint density at radius 1 is 1.00 bits per heavy atom. The third-order valence-corrected chi connectivity index (χ3v) is 7.85. The number of aromatic nitrogens is 2. The summed E-state index contributed by atoms with van der Waals surface area (Å²) in [5.74, 6) is 0.218. The van der Waals surface area contributed by atoms with Gasteiger partial charge in [-0.2, -0.15) is 0 Å². The molecule has 0 bridgehead atoms. The number of imidazole rings is 1. The van der Waals surface area contributed by atoms with Crippen molar-refractivity contribution >= 4 is 17.4 Å². The van der Waals surface area contributed by atoms with E-state index in [4.69, 9.17) is 14.5 Å². The third-order valence-electron chi connectivity index (χ3n) is 7.85. The highest BCUT2D eigenvalue weighted by Gasteiger charge is 2.36. The van der Waals surface area contributed by atoms with Crippen LogP contribution in [0.15, 0.2) is 60.8 Å². The Morgan fingerprint density at radius 3 is 2.27 bits per heavy atom. The molecular formula is C34H40FN3O3. The van der Waals surface area contributed by atoms with E-state index >= 15 is 0 Å². The molecule has 1 aliphatic heterocycles. The first-order chi connectivity index (χ1) is 19.3. The van der Waals surface area contributed by atoms with Crippen molar-refractivity contribution in [2.75, 3.05) is 25.1 Å². The highest BCUT2D eigenvalue weighted by Crippen LogP contribution is 2.40. The maximum Gasteiger partial charge on any atom is 0.339 e. The number of hydrogen-bond donors (Lipinski definition) is 0. The fourth-order valence-corrected chi connectivity index (χ4v) is 5.56. The molecule has 41 heavy (non-hydrogen) atoms. The lowest BCUT2D eigenvalue weighted by molar-refractivity contribution is -0.164. The number of piperidine rings is 1. The zero-order valence-electron chi connectivity index (χ0n) is 25.1. The maximum absolute atomic E-state index is 13.9. The van der Waals surface area contributed by atoms with Gasteiger partial charge in [0.15, 0.2) is 6.10 Å². The number of aryl methyl sites for hydroxylation is 1. The molecule has 0 aliphatic carbocycles. The number of ether oxygens (including phenoxy) is 2. The number of hydrogen-bond acceptors (Lipinski definition) is 5. The van der Waals surface area contributed by atoms with Crippen molar-refractivity contribution in [3.63, 3.8) is 0 Å². The van der Waals surface area contributed by atoms with E-state index in [1.54, 1.807) is 6.07 Å². The quantitative estimate of drug-likeness (QED) is 0.227. The molecule has 1 aliphatic rings. The summed E-state index contributed by atoms with van der Waals surface area (Å²) >= 11 is 0. The lowest BCUT2D eigenvalue weighted by Gasteiger charge is -2.40. The Bertz CT molecular complexity index is 1570. The standard InChI is InChI=1S/C34H40FN3O3/c1-22-18-28-36-27(25-12-8-10-23(19-25)24-11-9-13-26(35)20-24)21-38(28)31(37-16-14-34(5,6)15-17-37)29(22)30(32(39)40-7)41-33(2,3)4/h8-13,18-21,30H,14-17H2,1-7H3/t30-/m0/s1. The van der Waals surface area contributed by atoms with Crippen LogP contribution in [0.25, 0.3) is 28.0 Å². The van der Waals surface area contributed by atoms with Gasteiger partial charge in [0.2, 0.25) is 0 Å². The number of anilines is 1. The van der Waals surface area contributed by atoms with Crippen LogP contribution >= 0.6 is 0 Å². The van der Waals surface area contributed by atoms with Crippen LogP contribution < -0.4 is 4.90 Å². The zero-order chi connectivity index (χ0) is 29.5. The minimum atomic E-state index is -0.892. The molecular weight excluding hydrogens is 517 g/mol. The van der Waals surface area contributed by atoms with Crippen molar-refractivity contribution in [2.24, 2.45) is 5.41 Å². The number of halogens is 1. The number of rotatable bonds is 6. The highest BCUT2D eigenvalue weighted by atomic mass is 19.1. The fourth-order valence-electron chi connectivity index (χ4n) is 5.56. The lowest BCUT2D eigenvalue weighted by Crippen LogP contribution is -2.40. The molecule has 0 saturated carbocycles. The summed E-state index contributed by atoms with van der Waals surface area (Å²) in [5, 5.41) is 0. The Labute approximate surface area is 242 Å². The Morgan fingerprint density at radius 2 is 1.63 bits per heavy atom. The molecule has 0 radical (unpaired) electrons. The molecule has 216 valence electrons. The van der Waals surface area contributed by atoms with Crippen LogP contribution in [0.4, 0.5) is 10.2 Å². The molecule has 2 aromatic heterocycles. The van der Waals surface area contributed by atoms with E-state index in [1.165, 1.54) is 19.2 Å². The Balaban J connectivity index is 1.69. The average Bonchev–Trinajstić information content (AvgIpc) is 3.34. The van der Waals surface area contributed by atoms with Crippen molar-refractivity contribution in [3.05, 3.63) is 77.7 Å². The van der Waals surface area contributed by atoms with E-state index in [0.717, 1.165) is 70.9 Å². The predicted molar refractivity (Wildman–Crippen MR) is 162 cm³/mol. The normalized spacial score (nSPS) is 16.1. The molecule has 0 N–H and O–H groups in total. The minimum absolute atomic E-state index is 0.251. The van der Waals surface area contributed by atoms with Crippen LogP contribution in [0.3, 0.4) is 0 Å². The molecule has 2 aromatic carbocycles. The maximum atomic E-state index is 13.9. The van der Waals surface area contributed by atoms with Crippen molar-refractivity contribution in [3.8, 4) is 22.4 Å². The van der Waals surface area contributed by atoms with Gasteiger partial charge in [0, 0.05) is 30.4 Å². The topological polar surface area (TPSA) is 56.1 Å². The van der Waals surface area contributed by atoms with Crippen LogP contribution in [0.2, 0.25) is 0 Å². The van der Waals surface area contributed by atoms with Gasteiger partial charge < -0.3 is 14.4 Å². The van der Waals surface area contributed by atoms with E-state index < -0.39 is 17.7 Å². The van der Waals surface area contributed by atoms with Crippen molar-refractivity contribution < 1.29 is 18.7 Å². The number of carbonyl (C=O) groups is 1. The molecule has 0 amide bonds. The Kier molecular flexibility index (Phi) is 7.68. The molecule has 0 unspecified atom stereocenters. The van der Waals surface area contributed by atoms with Gasteiger partial charge in [0.05, 0.1) is 18.4 Å². The largest absolute Gasteiger partial charge is 0.467 e. The first kappa shape index (κ1) is 28.8. The van der Waals surface area contributed by atoms with E-state index in [9.17, 15) is 9.18 Å². The molecule has 3 heterocycles. The number of methoxy groups -OCH3 is 1. The smallest absolute Gasteiger partial charge is 0.339 e. The molecule has 5 rings (SSSR count). The molecule has 0 spiro atoms. The third kappa shape index (κ3) is 6.15. The van der Waals surface area contributed by atoms with Gasteiger partial charge in [-0.1, -0.05) is 44.2 Å². The first-order valence-corrected chi connectivity index (χ1v) is 14.2. The van der Waals surface area contributed by atoms with E-state index in [-0.39, 0.29) is 11.2 Å². The van der Waals surface area contributed by atoms with Gasteiger partial charge in [0.1, 0.15) is 17.3 Å². The van der Waals surface area contributed by atoms with Gasteiger partial charge in [-0.3, -0.25) is 4.40 Å². The summed E-state index contributed by atoms with van der Waals surface area (Å²) in [5.41, 5.74) is 5.64. The number of esters is 1. The van der Waals surface area contributed by atoms with Crippen LogP contribution in [0.1, 0.15) is 64.7 Å². The van der Waals surface area contributed by atoms with Crippen LogP contribution in [-0.4, -0.2) is 41.2 Å². The molecule has 1 atom stereocenters. The van der Waals surface area contributed by atoms with E-state index in [2.05, 4.69) is 23.1 Å². The number of nitrogens with zero attached hydrogens (tertiary/aromatic N) is 3. The van der Waals surface area contributed by atoms with Gasteiger partial charge in [0.25, 0.3) is 0 Å². The number of benzene rings is 2. The van der Waals surface area contributed by atoms with Crippen LogP contribution in [-0.2, 0) is 14.3 Å². The second-order valence-electron chi connectivity index (χ2n) is 12.8. The summed E-state index contributed by atoms with van der Waals surface area (Å²) in [6, 6.07) is 16.6. The predicted octanol–water partition coefficient (Wildman–Crippen LogP) is 7.77. The summed E-state index contributed by atoms with van der Waals surface area (Å²) in [6.45, 7) is 14.2. The van der Waals surface area contributed by atoms with Crippen LogP contribution in [0, 0.1) is 18.2 Å². The summed E-state index contributed by atoms with van der Waals surface area (Å²) in [7, 11) is 1.40. The summed E-state index contributed by atoms with van der Waals surface area (Å²) < 4.78 is 27.7. The molecule has 1 fully saturated rings. The first-order valence-electron chi connectivity index (χ1n) is 14.2. The fraction of sp³-hybridized carbons (Fsp3) is 0.412. The summed E-state index contributed by atoms with van der Waals surface area (Å²) in [6.07, 6.45) is 3.20. The highest BCUT2D eigenvalue weighted by molar-refractivity contribution is 5.81. The molecule has 6 nitrogen and oxygen atoms in total. The Hall–Kier alpha value is -3.71. The van der Waals surface area contributed by atoms with Gasteiger partial charge in [-0.25, -0.2) is 14.2 Å².